The first-order chi connectivity index (χ1) is 6.29. The van der Waals surface area contributed by atoms with Crippen molar-refractivity contribution >= 4 is 5.97 Å². The van der Waals surface area contributed by atoms with Gasteiger partial charge >= 0.3 is 5.97 Å². The molecule has 1 saturated carbocycles. The number of aliphatic carboxylic acids is 1. The molecule has 1 aliphatic carbocycles. The lowest BCUT2D eigenvalue weighted by atomic mass is 9.70. The molecule has 0 saturated heterocycles. The normalized spacial score (nSPS) is 26.5. The van der Waals surface area contributed by atoms with Crippen LogP contribution < -0.4 is 0 Å². The molecule has 2 atom stereocenters. The Hall–Kier alpha value is -1.31. The largest absolute Gasteiger partial charge is 0.481 e. The molecule has 0 unspecified atom stereocenters. The van der Waals surface area contributed by atoms with Crippen LogP contribution in [0.15, 0.2) is 30.3 Å². The maximum Gasteiger partial charge on any atom is 0.307 e. The number of rotatable bonds is 2. The molecule has 0 aliphatic heterocycles. The van der Waals surface area contributed by atoms with Crippen molar-refractivity contribution < 1.29 is 9.90 Å². The molecule has 2 rings (SSSR count). The van der Waals surface area contributed by atoms with Crippen LogP contribution in [0.25, 0.3) is 0 Å². The Morgan fingerprint density at radius 1 is 1.23 bits per heavy atom. The second-order valence-corrected chi connectivity index (χ2v) is 3.54. The fourth-order valence-corrected chi connectivity index (χ4v) is 1.89. The standard InChI is InChI=1S/C11H12O2/c12-11(13)10-7-6-9(10)8-4-2-1-3-5-8/h1-5,9-10H,6-7H2,(H,12,13)/t9-,10+/m1/s1. The smallest absolute Gasteiger partial charge is 0.307 e. The zero-order valence-corrected chi connectivity index (χ0v) is 7.31. The molecule has 1 aromatic carbocycles. The first-order valence-electron chi connectivity index (χ1n) is 4.57. The van der Waals surface area contributed by atoms with Crippen molar-refractivity contribution in [2.24, 2.45) is 5.92 Å². The molecular weight excluding hydrogens is 164 g/mol. The minimum absolute atomic E-state index is 0.151. The van der Waals surface area contributed by atoms with Gasteiger partial charge in [0.2, 0.25) is 0 Å². The summed E-state index contributed by atoms with van der Waals surface area (Å²) in [6.45, 7) is 0. The summed E-state index contributed by atoms with van der Waals surface area (Å²) in [5, 5.41) is 8.86. The van der Waals surface area contributed by atoms with E-state index in [0.717, 1.165) is 12.8 Å². The van der Waals surface area contributed by atoms with Crippen LogP contribution in [0, 0.1) is 5.92 Å². The van der Waals surface area contributed by atoms with E-state index in [9.17, 15) is 4.79 Å². The number of benzene rings is 1. The second-order valence-electron chi connectivity index (χ2n) is 3.54. The molecule has 1 aromatic rings. The predicted molar refractivity (Wildman–Crippen MR) is 49.5 cm³/mol. The third kappa shape index (κ3) is 1.44. The van der Waals surface area contributed by atoms with Gasteiger partial charge in [0.25, 0.3) is 0 Å². The van der Waals surface area contributed by atoms with Gasteiger partial charge in [-0.3, -0.25) is 4.79 Å². The van der Waals surface area contributed by atoms with E-state index in [0.29, 0.717) is 0 Å². The van der Waals surface area contributed by atoms with Crippen LogP contribution in [-0.2, 0) is 4.79 Å². The van der Waals surface area contributed by atoms with Gasteiger partial charge in [0.1, 0.15) is 0 Å². The monoisotopic (exact) mass is 176 g/mol. The van der Waals surface area contributed by atoms with Crippen LogP contribution in [0.5, 0.6) is 0 Å². The minimum atomic E-state index is -0.653. The molecule has 0 radical (unpaired) electrons. The number of carboxylic acids is 1. The maximum absolute atomic E-state index is 10.8. The van der Waals surface area contributed by atoms with Crippen LogP contribution in [0.2, 0.25) is 0 Å². The summed E-state index contributed by atoms with van der Waals surface area (Å²) in [6, 6.07) is 9.91. The number of hydrogen-bond donors (Lipinski definition) is 1. The average molecular weight is 176 g/mol. The molecule has 0 amide bonds. The molecule has 1 aliphatic rings. The van der Waals surface area contributed by atoms with E-state index < -0.39 is 5.97 Å². The van der Waals surface area contributed by atoms with Gasteiger partial charge in [-0.1, -0.05) is 30.3 Å². The Balaban J connectivity index is 2.15. The summed E-state index contributed by atoms with van der Waals surface area (Å²) >= 11 is 0. The van der Waals surface area contributed by atoms with Crippen molar-refractivity contribution in [2.75, 3.05) is 0 Å². The predicted octanol–water partition coefficient (Wildman–Crippen LogP) is 2.26. The van der Waals surface area contributed by atoms with E-state index in [1.54, 1.807) is 0 Å². The van der Waals surface area contributed by atoms with E-state index in [1.165, 1.54) is 5.56 Å². The van der Waals surface area contributed by atoms with E-state index >= 15 is 0 Å². The van der Waals surface area contributed by atoms with Crippen LogP contribution >= 0.6 is 0 Å². The first-order valence-corrected chi connectivity index (χ1v) is 4.57. The van der Waals surface area contributed by atoms with Crippen molar-refractivity contribution in [2.45, 2.75) is 18.8 Å². The van der Waals surface area contributed by atoms with E-state index in [4.69, 9.17) is 5.11 Å². The number of carbonyl (C=O) groups is 1. The topological polar surface area (TPSA) is 37.3 Å². The Morgan fingerprint density at radius 3 is 2.38 bits per heavy atom. The fourth-order valence-electron chi connectivity index (χ4n) is 1.89. The van der Waals surface area contributed by atoms with E-state index in [-0.39, 0.29) is 11.8 Å². The third-order valence-electron chi connectivity index (χ3n) is 2.82. The Morgan fingerprint density at radius 2 is 1.92 bits per heavy atom. The summed E-state index contributed by atoms with van der Waals surface area (Å²) < 4.78 is 0. The van der Waals surface area contributed by atoms with Crippen molar-refractivity contribution in [1.29, 1.82) is 0 Å². The van der Waals surface area contributed by atoms with Crippen molar-refractivity contribution in [3.63, 3.8) is 0 Å². The fraction of sp³-hybridized carbons (Fsp3) is 0.364. The van der Waals surface area contributed by atoms with Gasteiger partial charge in [-0.2, -0.15) is 0 Å². The second kappa shape index (κ2) is 3.21. The average Bonchev–Trinajstić information content (AvgIpc) is 2.02. The van der Waals surface area contributed by atoms with Gasteiger partial charge in [-0.05, 0) is 24.3 Å². The quantitative estimate of drug-likeness (QED) is 0.750. The molecule has 13 heavy (non-hydrogen) atoms. The summed E-state index contributed by atoms with van der Waals surface area (Å²) in [5.41, 5.74) is 1.17. The number of carboxylic acid groups (broad SMARTS) is 1. The summed E-state index contributed by atoms with van der Waals surface area (Å²) in [6.07, 6.45) is 1.84. The third-order valence-corrected chi connectivity index (χ3v) is 2.82. The lowest BCUT2D eigenvalue weighted by molar-refractivity contribution is -0.145. The molecule has 1 fully saturated rings. The highest BCUT2D eigenvalue weighted by molar-refractivity contribution is 5.72. The van der Waals surface area contributed by atoms with E-state index in [2.05, 4.69) is 0 Å². The Kier molecular flexibility index (Phi) is 2.05. The van der Waals surface area contributed by atoms with Crippen LogP contribution in [0.1, 0.15) is 24.3 Å². The van der Waals surface area contributed by atoms with Crippen LogP contribution in [-0.4, -0.2) is 11.1 Å². The molecule has 0 aromatic heterocycles. The maximum atomic E-state index is 10.8. The van der Waals surface area contributed by atoms with Gasteiger partial charge in [0.15, 0.2) is 0 Å². The molecule has 68 valence electrons. The lowest BCUT2D eigenvalue weighted by Gasteiger charge is -2.33. The summed E-state index contributed by atoms with van der Waals surface area (Å²) in [5.74, 6) is -0.554. The van der Waals surface area contributed by atoms with Gasteiger partial charge in [-0.15, -0.1) is 0 Å². The van der Waals surface area contributed by atoms with E-state index in [1.807, 2.05) is 30.3 Å². The molecule has 0 spiro atoms. The molecule has 2 heteroatoms. The highest BCUT2D eigenvalue weighted by Gasteiger charge is 2.37. The van der Waals surface area contributed by atoms with Gasteiger partial charge < -0.3 is 5.11 Å². The van der Waals surface area contributed by atoms with Crippen molar-refractivity contribution in [3.8, 4) is 0 Å². The van der Waals surface area contributed by atoms with Gasteiger partial charge in [-0.25, -0.2) is 0 Å². The van der Waals surface area contributed by atoms with Gasteiger partial charge in [0.05, 0.1) is 5.92 Å². The molecular formula is C11H12O2. The summed E-state index contributed by atoms with van der Waals surface area (Å²) in [4.78, 5) is 10.8. The highest BCUT2D eigenvalue weighted by atomic mass is 16.4. The summed E-state index contributed by atoms with van der Waals surface area (Å²) in [7, 11) is 0. The highest BCUT2D eigenvalue weighted by Crippen LogP contribution is 2.42. The Labute approximate surface area is 77.2 Å². The molecule has 0 bridgehead atoms. The zero-order chi connectivity index (χ0) is 9.26. The molecule has 1 N–H and O–H groups in total. The van der Waals surface area contributed by atoms with Crippen LogP contribution in [0.4, 0.5) is 0 Å². The molecule has 0 heterocycles. The number of hydrogen-bond acceptors (Lipinski definition) is 1. The SMILES string of the molecule is O=C(O)[C@H]1CC[C@@H]1c1ccccc1. The van der Waals surface area contributed by atoms with Crippen molar-refractivity contribution in [1.82, 2.24) is 0 Å². The van der Waals surface area contributed by atoms with Gasteiger partial charge in [0, 0.05) is 0 Å². The first kappa shape index (κ1) is 8.30. The lowest BCUT2D eigenvalue weighted by Crippen LogP contribution is -2.30. The van der Waals surface area contributed by atoms with Crippen LogP contribution in [0.3, 0.4) is 0 Å². The van der Waals surface area contributed by atoms with Crippen molar-refractivity contribution in [3.05, 3.63) is 35.9 Å². The molecule has 2 nitrogen and oxygen atoms in total. The Bertz CT molecular complexity index is 305. The minimum Gasteiger partial charge on any atom is -0.481 e. The zero-order valence-electron chi connectivity index (χ0n) is 7.31.